The van der Waals surface area contributed by atoms with E-state index in [4.69, 9.17) is 5.73 Å². The van der Waals surface area contributed by atoms with Crippen molar-refractivity contribution in [2.45, 2.75) is 32.6 Å². The summed E-state index contributed by atoms with van der Waals surface area (Å²) in [6.45, 7) is 3.38. The van der Waals surface area contributed by atoms with Crippen LogP contribution in [0.2, 0.25) is 0 Å². The van der Waals surface area contributed by atoms with Crippen molar-refractivity contribution in [3.63, 3.8) is 0 Å². The second-order valence-corrected chi connectivity index (χ2v) is 6.79. The predicted octanol–water partition coefficient (Wildman–Crippen LogP) is 4.03. The first-order valence-electron chi connectivity index (χ1n) is 7.63. The fraction of sp³-hybridized carbons (Fsp3) is 0.500. The Balaban J connectivity index is 1.69. The van der Waals surface area contributed by atoms with Gasteiger partial charge in [0, 0.05) is 18.9 Å². The zero-order valence-electron chi connectivity index (χ0n) is 12.4. The molecule has 0 unspecified atom stereocenters. The smallest absolute Gasteiger partial charge is 0.147 e. The summed E-state index contributed by atoms with van der Waals surface area (Å²) in [6.07, 6.45) is 8.94. The monoisotopic (exact) mass is 302 g/mol. The van der Waals surface area contributed by atoms with Gasteiger partial charge in [0.2, 0.25) is 0 Å². The van der Waals surface area contributed by atoms with E-state index >= 15 is 0 Å². The summed E-state index contributed by atoms with van der Waals surface area (Å²) in [6, 6.07) is 3.96. The van der Waals surface area contributed by atoms with Gasteiger partial charge in [-0.3, -0.25) is 4.98 Å². The molecule has 5 heteroatoms. The number of nitrogens with two attached hydrogens (primary N) is 1. The van der Waals surface area contributed by atoms with Crippen LogP contribution in [0.5, 0.6) is 0 Å². The Morgan fingerprint density at radius 3 is 2.67 bits per heavy atom. The molecule has 0 aliphatic heterocycles. The fourth-order valence-corrected chi connectivity index (χ4v) is 3.73. The molecule has 0 saturated heterocycles. The van der Waals surface area contributed by atoms with Gasteiger partial charge in [0.15, 0.2) is 0 Å². The summed E-state index contributed by atoms with van der Waals surface area (Å²) in [5.74, 6) is 2.27. The molecule has 2 aromatic rings. The van der Waals surface area contributed by atoms with E-state index < -0.39 is 0 Å². The average Bonchev–Trinajstić information content (AvgIpc) is 2.88. The number of aromatic nitrogens is 2. The van der Waals surface area contributed by atoms with Crippen LogP contribution in [0.4, 0.5) is 10.8 Å². The van der Waals surface area contributed by atoms with Crippen molar-refractivity contribution in [2.24, 2.45) is 11.8 Å². The highest BCUT2D eigenvalue weighted by Gasteiger charge is 2.19. The Bertz CT molecular complexity index is 573. The fourth-order valence-electron chi connectivity index (χ4n) is 2.99. The first kappa shape index (κ1) is 14.3. The van der Waals surface area contributed by atoms with E-state index in [1.54, 1.807) is 12.4 Å². The predicted molar refractivity (Wildman–Crippen MR) is 89.4 cm³/mol. The molecule has 1 aliphatic rings. The normalized spacial score (nSPS) is 22.1. The lowest BCUT2D eigenvalue weighted by Gasteiger charge is -2.26. The largest absolute Gasteiger partial charge is 0.382 e. The van der Waals surface area contributed by atoms with E-state index in [0.29, 0.717) is 5.82 Å². The first-order chi connectivity index (χ1) is 10.2. The summed E-state index contributed by atoms with van der Waals surface area (Å²) < 4.78 is 4.31. The van der Waals surface area contributed by atoms with Crippen molar-refractivity contribution in [1.29, 1.82) is 0 Å². The quantitative estimate of drug-likeness (QED) is 0.895. The Morgan fingerprint density at radius 1 is 1.24 bits per heavy atom. The van der Waals surface area contributed by atoms with Crippen molar-refractivity contribution in [3.8, 4) is 11.1 Å². The van der Waals surface area contributed by atoms with Crippen molar-refractivity contribution in [1.82, 2.24) is 9.36 Å². The number of anilines is 2. The summed E-state index contributed by atoms with van der Waals surface area (Å²) in [7, 11) is 0. The highest BCUT2D eigenvalue weighted by atomic mass is 32.1. The minimum absolute atomic E-state index is 0.603. The van der Waals surface area contributed by atoms with Crippen LogP contribution in [0, 0.1) is 11.8 Å². The third-order valence-corrected chi connectivity index (χ3v) is 5.19. The molecule has 0 atom stereocenters. The van der Waals surface area contributed by atoms with Crippen LogP contribution < -0.4 is 11.1 Å². The second-order valence-electron chi connectivity index (χ2n) is 6.01. The van der Waals surface area contributed by atoms with E-state index in [2.05, 4.69) is 21.6 Å². The van der Waals surface area contributed by atoms with E-state index in [9.17, 15) is 0 Å². The minimum Gasteiger partial charge on any atom is -0.382 e. The SMILES string of the molecule is CC1CCC(CNc2snc(N)c2-c2ccncc2)CC1. The summed E-state index contributed by atoms with van der Waals surface area (Å²) in [5, 5.41) is 4.65. The molecule has 21 heavy (non-hydrogen) atoms. The molecule has 2 heterocycles. The lowest BCUT2D eigenvalue weighted by atomic mass is 9.83. The van der Waals surface area contributed by atoms with Gasteiger partial charge in [0.25, 0.3) is 0 Å². The summed E-state index contributed by atoms with van der Waals surface area (Å²) >= 11 is 1.45. The van der Waals surface area contributed by atoms with Crippen LogP contribution in [0.3, 0.4) is 0 Å². The highest BCUT2D eigenvalue weighted by molar-refractivity contribution is 7.11. The maximum absolute atomic E-state index is 6.04. The van der Waals surface area contributed by atoms with Gasteiger partial charge in [0.05, 0.1) is 5.56 Å². The standard InChI is InChI=1S/C16H22N4S/c1-11-2-4-12(5-3-11)10-19-16-14(15(17)20-21-16)13-6-8-18-9-7-13/h6-9,11-12,19H,2-5,10H2,1H3,(H2,17,20). The number of nitrogens with one attached hydrogen (secondary N) is 1. The minimum atomic E-state index is 0.603. The molecule has 1 aliphatic carbocycles. The van der Waals surface area contributed by atoms with Crippen LogP contribution in [0.1, 0.15) is 32.6 Å². The third-order valence-electron chi connectivity index (χ3n) is 4.37. The first-order valence-corrected chi connectivity index (χ1v) is 8.40. The van der Waals surface area contributed by atoms with E-state index in [-0.39, 0.29) is 0 Å². The molecule has 112 valence electrons. The Labute approximate surface area is 130 Å². The summed E-state index contributed by atoms with van der Waals surface area (Å²) in [5.41, 5.74) is 8.14. The van der Waals surface area contributed by atoms with Crippen molar-refractivity contribution >= 4 is 22.4 Å². The van der Waals surface area contributed by atoms with Crippen LogP contribution >= 0.6 is 11.5 Å². The van der Waals surface area contributed by atoms with Gasteiger partial charge in [-0.15, -0.1) is 0 Å². The molecule has 2 aromatic heterocycles. The maximum Gasteiger partial charge on any atom is 0.147 e. The number of hydrogen-bond donors (Lipinski definition) is 2. The van der Waals surface area contributed by atoms with Gasteiger partial charge in [-0.1, -0.05) is 19.8 Å². The summed E-state index contributed by atoms with van der Waals surface area (Å²) in [4.78, 5) is 4.06. The Morgan fingerprint density at radius 2 is 1.95 bits per heavy atom. The number of nitrogen functional groups attached to an aromatic ring is 1. The molecule has 3 rings (SSSR count). The molecule has 0 spiro atoms. The lowest BCUT2D eigenvalue weighted by molar-refractivity contribution is 0.300. The van der Waals surface area contributed by atoms with Crippen LogP contribution in [0.15, 0.2) is 24.5 Å². The van der Waals surface area contributed by atoms with Gasteiger partial charge in [-0.2, -0.15) is 4.37 Å². The Hall–Kier alpha value is -1.62. The molecule has 0 aromatic carbocycles. The van der Waals surface area contributed by atoms with Crippen LogP contribution in [0.25, 0.3) is 11.1 Å². The number of rotatable bonds is 4. The molecule has 0 radical (unpaired) electrons. The highest BCUT2D eigenvalue weighted by Crippen LogP contribution is 2.37. The van der Waals surface area contributed by atoms with Crippen molar-refractivity contribution in [2.75, 3.05) is 17.6 Å². The molecule has 4 nitrogen and oxygen atoms in total. The second kappa shape index (κ2) is 6.43. The lowest BCUT2D eigenvalue weighted by Crippen LogP contribution is -2.20. The molecule has 0 bridgehead atoms. The zero-order chi connectivity index (χ0) is 14.7. The number of hydrogen-bond acceptors (Lipinski definition) is 5. The topological polar surface area (TPSA) is 63.8 Å². The van der Waals surface area contributed by atoms with Gasteiger partial charge in [0.1, 0.15) is 10.8 Å². The van der Waals surface area contributed by atoms with Crippen LogP contribution in [-0.4, -0.2) is 15.9 Å². The van der Waals surface area contributed by atoms with E-state index in [1.807, 2.05) is 12.1 Å². The van der Waals surface area contributed by atoms with Gasteiger partial charge >= 0.3 is 0 Å². The van der Waals surface area contributed by atoms with Crippen molar-refractivity contribution < 1.29 is 0 Å². The average molecular weight is 302 g/mol. The molecule has 3 N–H and O–H groups in total. The van der Waals surface area contributed by atoms with Gasteiger partial charge < -0.3 is 11.1 Å². The van der Waals surface area contributed by atoms with Gasteiger partial charge in [-0.05, 0) is 53.9 Å². The van der Waals surface area contributed by atoms with Crippen molar-refractivity contribution in [3.05, 3.63) is 24.5 Å². The maximum atomic E-state index is 6.04. The molecular weight excluding hydrogens is 280 g/mol. The van der Waals surface area contributed by atoms with E-state index in [0.717, 1.165) is 34.5 Å². The van der Waals surface area contributed by atoms with Gasteiger partial charge in [-0.25, -0.2) is 0 Å². The molecule has 1 fully saturated rings. The molecular formula is C16H22N4S. The van der Waals surface area contributed by atoms with Crippen LogP contribution in [-0.2, 0) is 0 Å². The Kier molecular flexibility index (Phi) is 4.39. The molecule has 1 saturated carbocycles. The van der Waals surface area contributed by atoms with E-state index in [1.165, 1.54) is 37.2 Å². The zero-order valence-corrected chi connectivity index (χ0v) is 13.2. The number of nitrogens with zero attached hydrogens (tertiary/aromatic N) is 2. The third kappa shape index (κ3) is 3.35. The molecule has 0 amide bonds. The number of pyridine rings is 1.